The minimum Gasteiger partial charge on any atom is -0.452 e. The molecule has 134 valence electrons. The van der Waals surface area contributed by atoms with Crippen LogP contribution in [0.3, 0.4) is 0 Å². The van der Waals surface area contributed by atoms with E-state index in [9.17, 15) is 14.4 Å². The van der Waals surface area contributed by atoms with Crippen molar-refractivity contribution < 1.29 is 19.1 Å². The van der Waals surface area contributed by atoms with Crippen LogP contribution in [0.15, 0.2) is 18.2 Å². The van der Waals surface area contributed by atoms with E-state index >= 15 is 0 Å². The number of esters is 1. The van der Waals surface area contributed by atoms with Gasteiger partial charge in [0, 0.05) is 24.7 Å². The second kappa shape index (κ2) is 7.68. The average molecular weight is 344 g/mol. The number of amides is 2. The summed E-state index contributed by atoms with van der Waals surface area (Å²) in [5.74, 6) is -0.635. The largest absolute Gasteiger partial charge is 0.452 e. The van der Waals surface area contributed by atoms with Gasteiger partial charge in [-0.05, 0) is 55.9 Å². The van der Waals surface area contributed by atoms with Crippen LogP contribution in [0, 0.1) is 0 Å². The van der Waals surface area contributed by atoms with Crippen molar-refractivity contribution in [1.29, 1.82) is 0 Å². The molecule has 1 atom stereocenters. The first kappa shape index (κ1) is 17.5. The third-order valence-electron chi connectivity index (χ3n) is 4.98. The Kier molecular flexibility index (Phi) is 5.36. The fourth-order valence-electron chi connectivity index (χ4n) is 3.56. The van der Waals surface area contributed by atoms with Crippen molar-refractivity contribution in [3.05, 3.63) is 29.3 Å². The first-order valence-corrected chi connectivity index (χ1v) is 8.98. The number of nitrogens with zero attached hydrogens (tertiary/aromatic N) is 1. The van der Waals surface area contributed by atoms with Gasteiger partial charge < -0.3 is 15.0 Å². The van der Waals surface area contributed by atoms with E-state index < -0.39 is 5.97 Å². The topological polar surface area (TPSA) is 75.7 Å². The van der Waals surface area contributed by atoms with Gasteiger partial charge in [-0.15, -0.1) is 0 Å². The van der Waals surface area contributed by atoms with Crippen molar-refractivity contribution in [3.63, 3.8) is 0 Å². The highest BCUT2D eigenvalue weighted by Crippen LogP contribution is 2.24. The minimum atomic E-state index is -0.502. The van der Waals surface area contributed by atoms with E-state index in [1.165, 1.54) is 0 Å². The van der Waals surface area contributed by atoms with E-state index in [1.807, 2.05) is 4.90 Å². The Bertz CT molecular complexity index is 686. The van der Waals surface area contributed by atoms with Crippen LogP contribution in [0.2, 0.25) is 0 Å². The van der Waals surface area contributed by atoms with Gasteiger partial charge >= 0.3 is 5.97 Å². The Balaban J connectivity index is 1.59. The van der Waals surface area contributed by atoms with Gasteiger partial charge in [-0.25, -0.2) is 4.79 Å². The summed E-state index contributed by atoms with van der Waals surface area (Å²) in [6, 6.07) is 5.32. The fourth-order valence-corrected chi connectivity index (χ4v) is 3.56. The first-order valence-electron chi connectivity index (χ1n) is 8.98. The summed E-state index contributed by atoms with van der Waals surface area (Å²) < 4.78 is 5.23. The zero-order chi connectivity index (χ0) is 17.8. The molecule has 6 nitrogen and oxygen atoms in total. The summed E-state index contributed by atoms with van der Waals surface area (Å²) in [7, 11) is 0. The van der Waals surface area contributed by atoms with Gasteiger partial charge in [0.05, 0.1) is 5.56 Å². The Morgan fingerprint density at radius 2 is 2.12 bits per heavy atom. The lowest BCUT2D eigenvalue weighted by molar-refractivity contribution is -0.138. The van der Waals surface area contributed by atoms with E-state index in [2.05, 4.69) is 12.2 Å². The molecular weight excluding hydrogens is 320 g/mol. The molecule has 2 heterocycles. The molecule has 0 aliphatic carbocycles. The number of anilines is 1. The quantitative estimate of drug-likeness (QED) is 0.852. The summed E-state index contributed by atoms with van der Waals surface area (Å²) >= 11 is 0. The van der Waals surface area contributed by atoms with E-state index in [-0.39, 0.29) is 24.5 Å². The predicted octanol–water partition coefficient (Wildman–Crippen LogP) is 2.52. The minimum absolute atomic E-state index is 0.0135. The molecule has 25 heavy (non-hydrogen) atoms. The molecule has 0 bridgehead atoms. The van der Waals surface area contributed by atoms with E-state index in [1.54, 1.807) is 18.2 Å². The van der Waals surface area contributed by atoms with Crippen LogP contribution in [0.4, 0.5) is 5.69 Å². The smallest absolute Gasteiger partial charge is 0.338 e. The van der Waals surface area contributed by atoms with Crippen LogP contribution < -0.4 is 5.32 Å². The summed E-state index contributed by atoms with van der Waals surface area (Å²) in [5.41, 5.74) is 2.07. The number of hydrogen-bond acceptors (Lipinski definition) is 4. The number of carbonyl (C=O) groups excluding carboxylic acids is 3. The maximum atomic E-state index is 12.4. The van der Waals surface area contributed by atoms with Crippen molar-refractivity contribution in [2.24, 2.45) is 0 Å². The standard InChI is InChI=1S/C19H24N2O4/c1-2-15-5-3-4-10-21(15)18(23)12-25-19(24)14-6-8-16-13(11-14)7-9-17(22)20-16/h6,8,11,15H,2-5,7,9-10,12H2,1H3,(H,20,22). The molecule has 1 aromatic rings. The highest BCUT2D eigenvalue weighted by atomic mass is 16.5. The molecule has 1 N–H and O–H groups in total. The van der Waals surface area contributed by atoms with Crippen LogP contribution in [-0.4, -0.2) is 41.9 Å². The van der Waals surface area contributed by atoms with Crippen LogP contribution in [-0.2, 0) is 20.7 Å². The Hall–Kier alpha value is -2.37. The Labute approximate surface area is 147 Å². The lowest BCUT2D eigenvalue weighted by Gasteiger charge is -2.35. The third-order valence-corrected chi connectivity index (χ3v) is 4.98. The predicted molar refractivity (Wildman–Crippen MR) is 93.3 cm³/mol. The molecule has 2 aliphatic rings. The maximum Gasteiger partial charge on any atom is 0.338 e. The fraction of sp³-hybridized carbons (Fsp3) is 0.526. The number of likely N-dealkylation sites (tertiary alicyclic amines) is 1. The molecule has 1 fully saturated rings. The van der Waals surface area contributed by atoms with Crippen LogP contribution >= 0.6 is 0 Å². The van der Waals surface area contributed by atoms with Crippen molar-refractivity contribution in [2.75, 3.05) is 18.5 Å². The second-order valence-electron chi connectivity index (χ2n) is 6.64. The number of benzene rings is 1. The van der Waals surface area contributed by atoms with E-state index in [0.717, 1.165) is 43.5 Å². The lowest BCUT2D eigenvalue weighted by atomic mass is 10.00. The number of hydrogen-bond donors (Lipinski definition) is 1. The zero-order valence-corrected chi connectivity index (χ0v) is 14.5. The van der Waals surface area contributed by atoms with Gasteiger partial charge in [0.15, 0.2) is 6.61 Å². The zero-order valence-electron chi connectivity index (χ0n) is 14.5. The molecule has 2 aliphatic heterocycles. The summed E-state index contributed by atoms with van der Waals surface area (Å²) in [6.45, 7) is 2.60. The van der Waals surface area contributed by atoms with Crippen LogP contribution in [0.25, 0.3) is 0 Å². The number of fused-ring (bicyclic) bond motifs is 1. The average Bonchev–Trinajstić information content (AvgIpc) is 2.65. The molecule has 1 saturated heterocycles. The van der Waals surface area contributed by atoms with Crippen LogP contribution in [0.5, 0.6) is 0 Å². The third kappa shape index (κ3) is 4.00. The lowest BCUT2D eigenvalue weighted by Crippen LogP contribution is -2.45. The van der Waals surface area contributed by atoms with E-state index in [0.29, 0.717) is 18.4 Å². The van der Waals surface area contributed by atoms with Gasteiger partial charge in [0.25, 0.3) is 5.91 Å². The second-order valence-corrected chi connectivity index (χ2v) is 6.64. The number of rotatable bonds is 4. The molecule has 6 heteroatoms. The molecule has 0 saturated carbocycles. The van der Waals surface area contributed by atoms with Crippen molar-refractivity contribution >= 4 is 23.5 Å². The van der Waals surface area contributed by atoms with Gasteiger partial charge in [0.1, 0.15) is 0 Å². The van der Waals surface area contributed by atoms with Crippen molar-refractivity contribution in [1.82, 2.24) is 4.90 Å². The Morgan fingerprint density at radius 1 is 1.28 bits per heavy atom. The molecule has 2 amide bonds. The summed E-state index contributed by atoms with van der Waals surface area (Å²) in [4.78, 5) is 37.9. The number of carbonyl (C=O) groups is 3. The highest BCUT2D eigenvalue weighted by Gasteiger charge is 2.26. The van der Waals surface area contributed by atoms with Crippen molar-refractivity contribution in [2.45, 2.75) is 51.5 Å². The number of nitrogens with one attached hydrogen (secondary N) is 1. The first-order chi connectivity index (χ1) is 12.1. The number of piperidine rings is 1. The molecule has 0 aromatic heterocycles. The Morgan fingerprint density at radius 3 is 2.92 bits per heavy atom. The van der Waals surface area contributed by atoms with E-state index in [4.69, 9.17) is 4.74 Å². The van der Waals surface area contributed by atoms with Gasteiger partial charge in [0.2, 0.25) is 5.91 Å². The normalized spacial score (nSPS) is 19.8. The number of ether oxygens (including phenoxy) is 1. The summed E-state index contributed by atoms with van der Waals surface area (Å²) in [5, 5.41) is 2.78. The van der Waals surface area contributed by atoms with Crippen LogP contribution in [0.1, 0.15) is 54.9 Å². The van der Waals surface area contributed by atoms with Gasteiger partial charge in [-0.1, -0.05) is 6.92 Å². The molecule has 0 radical (unpaired) electrons. The molecule has 0 spiro atoms. The summed E-state index contributed by atoms with van der Waals surface area (Å²) in [6.07, 6.45) is 5.12. The van der Waals surface area contributed by atoms with Crippen molar-refractivity contribution in [3.8, 4) is 0 Å². The molecular formula is C19H24N2O4. The number of aryl methyl sites for hydroxylation is 1. The monoisotopic (exact) mass is 344 g/mol. The van der Waals surface area contributed by atoms with Gasteiger partial charge in [-0.3, -0.25) is 9.59 Å². The highest BCUT2D eigenvalue weighted by molar-refractivity contribution is 5.96. The SMILES string of the molecule is CCC1CCCCN1C(=O)COC(=O)c1ccc2c(c1)CCC(=O)N2. The maximum absolute atomic E-state index is 12.4. The molecule has 3 rings (SSSR count). The molecule has 1 aromatic carbocycles. The molecule has 1 unspecified atom stereocenters. The van der Waals surface area contributed by atoms with Gasteiger partial charge in [-0.2, -0.15) is 0 Å².